The van der Waals surface area contributed by atoms with E-state index in [2.05, 4.69) is 61.8 Å². The number of thiophene rings is 1. The SMILES string of the molecule is CC(C)(Cn1c(CCl)nc2cc(Br)cnc21)c1cccs1. The summed E-state index contributed by atoms with van der Waals surface area (Å²) in [5.74, 6) is 1.25. The molecule has 3 heterocycles. The number of rotatable bonds is 4. The molecule has 0 aliphatic rings. The summed E-state index contributed by atoms with van der Waals surface area (Å²) in [6.45, 7) is 5.28. The summed E-state index contributed by atoms with van der Waals surface area (Å²) in [5.41, 5.74) is 1.78. The average molecular weight is 385 g/mol. The van der Waals surface area contributed by atoms with Gasteiger partial charge in [-0.15, -0.1) is 22.9 Å². The molecule has 0 spiro atoms. The zero-order valence-corrected chi connectivity index (χ0v) is 15.0. The highest BCUT2D eigenvalue weighted by atomic mass is 79.9. The summed E-state index contributed by atoms with van der Waals surface area (Å²) in [5, 5.41) is 2.11. The largest absolute Gasteiger partial charge is 0.311 e. The Hall–Kier alpha value is -0.910. The van der Waals surface area contributed by atoms with E-state index in [0.29, 0.717) is 5.88 Å². The molecule has 0 N–H and O–H groups in total. The molecule has 0 amide bonds. The Morgan fingerprint density at radius 1 is 1.43 bits per heavy atom. The second-order valence-corrected chi connectivity index (χ2v) is 7.74. The van der Waals surface area contributed by atoms with Gasteiger partial charge in [-0.1, -0.05) is 19.9 Å². The Morgan fingerprint density at radius 3 is 2.90 bits per heavy atom. The zero-order valence-electron chi connectivity index (χ0n) is 11.8. The number of aromatic nitrogens is 3. The van der Waals surface area contributed by atoms with Gasteiger partial charge < -0.3 is 4.57 Å². The first-order chi connectivity index (χ1) is 10.0. The minimum absolute atomic E-state index is 0.0113. The monoisotopic (exact) mass is 383 g/mol. The Kier molecular flexibility index (Phi) is 4.08. The van der Waals surface area contributed by atoms with Crippen molar-refractivity contribution < 1.29 is 0 Å². The van der Waals surface area contributed by atoms with E-state index >= 15 is 0 Å². The van der Waals surface area contributed by atoms with E-state index in [0.717, 1.165) is 28.0 Å². The Morgan fingerprint density at radius 2 is 2.24 bits per heavy atom. The van der Waals surface area contributed by atoms with Crippen LogP contribution in [-0.4, -0.2) is 14.5 Å². The molecule has 0 bridgehead atoms. The first-order valence-electron chi connectivity index (χ1n) is 6.62. The molecule has 3 aromatic heterocycles. The van der Waals surface area contributed by atoms with Crippen LogP contribution < -0.4 is 0 Å². The lowest BCUT2D eigenvalue weighted by molar-refractivity contribution is 0.441. The van der Waals surface area contributed by atoms with E-state index < -0.39 is 0 Å². The number of hydrogen-bond acceptors (Lipinski definition) is 3. The number of alkyl halides is 1. The molecule has 0 aromatic carbocycles. The summed E-state index contributed by atoms with van der Waals surface area (Å²) in [6.07, 6.45) is 1.80. The minimum atomic E-state index is 0.0113. The lowest BCUT2D eigenvalue weighted by Gasteiger charge is -2.25. The molecule has 0 saturated heterocycles. The van der Waals surface area contributed by atoms with Crippen LogP contribution in [0.15, 0.2) is 34.2 Å². The van der Waals surface area contributed by atoms with Crippen molar-refractivity contribution in [1.29, 1.82) is 0 Å². The molecule has 0 unspecified atom stereocenters. The predicted octanol–water partition coefficient (Wildman–Crippen LogP) is 4.97. The van der Waals surface area contributed by atoms with Gasteiger partial charge in [0.05, 0.1) is 5.88 Å². The summed E-state index contributed by atoms with van der Waals surface area (Å²) >= 11 is 11.3. The fourth-order valence-electron chi connectivity index (χ4n) is 2.44. The van der Waals surface area contributed by atoms with Gasteiger partial charge >= 0.3 is 0 Å². The van der Waals surface area contributed by atoms with Crippen molar-refractivity contribution in [3.63, 3.8) is 0 Å². The van der Waals surface area contributed by atoms with E-state index in [9.17, 15) is 0 Å². The first kappa shape index (κ1) is 15.0. The third kappa shape index (κ3) is 2.87. The molecule has 0 aliphatic carbocycles. The van der Waals surface area contributed by atoms with E-state index in [4.69, 9.17) is 11.6 Å². The summed E-state index contributed by atoms with van der Waals surface area (Å²) in [6, 6.07) is 6.24. The highest BCUT2D eigenvalue weighted by Crippen LogP contribution is 2.31. The third-order valence-corrected chi connectivity index (χ3v) is 5.40. The maximum Gasteiger partial charge on any atom is 0.160 e. The van der Waals surface area contributed by atoms with Crippen molar-refractivity contribution in [2.45, 2.75) is 31.7 Å². The molecule has 0 aliphatic heterocycles. The van der Waals surface area contributed by atoms with Gasteiger partial charge in [0.15, 0.2) is 5.65 Å². The van der Waals surface area contributed by atoms with E-state index in [-0.39, 0.29) is 5.41 Å². The van der Waals surface area contributed by atoms with Gasteiger partial charge in [0.2, 0.25) is 0 Å². The molecular formula is C15H15BrClN3S. The van der Waals surface area contributed by atoms with E-state index in [1.54, 1.807) is 17.5 Å². The van der Waals surface area contributed by atoms with Crippen LogP contribution in [-0.2, 0) is 17.8 Å². The summed E-state index contributed by atoms with van der Waals surface area (Å²) in [7, 11) is 0. The minimum Gasteiger partial charge on any atom is -0.311 e. The molecule has 6 heteroatoms. The second kappa shape index (κ2) is 5.71. The number of halogens is 2. The normalized spacial score (nSPS) is 12.2. The average Bonchev–Trinajstić information content (AvgIpc) is 3.06. The predicted molar refractivity (Wildman–Crippen MR) is 92.1 cm³/mol. The lowest BCUT2D eigenvalue weighted by atomic mass is 9.91. The fraction of sp³-hybridized carbons (Fsp3) is 0.333. The quantitative estimate of drug-likeness (QED) is 0.594. The molecule has 21 heavy (non-hydrogen) atoms. The van der Waals surface area contributed by atoms with Gasteiger partial charge in [-0.2, -0.15) is 0 Å². The molecule has 3 rings (SSSR count). The van der Waals surface area contributed by atoms with Crippen LogP contribution >= 0.6 is 38.9 Å². The first-order valence-corrected chi connectivity index (χ1v) is 8.82. The number of imidazole rings is 1. The third-order valence-electron chi connectivity index (χ3n) is 3.49. The maximum absolute atomic E-state index is 6.08. The van der Waals surface area contributed by atoms with Gasteiger partial charge in [0.25, 0.3) is 0 Å². The highest BCUT2D eigenvalue weighted by Gasteiger charge is 2.25. The van der Waals surface area contributed by atoms with E-state index in [1.165, 1.54) is 4.88 Å². The second-order valence-electron chi connectivity index (χ2n) is 5.61. The molecule has 0 atom stereocenters. The van der Waals surface area contributed by atoms with Crippen molar-refractivity contribution in [2.75, 3.05) is 0 Å². The van der Waals surface area contributed by atoms with Crippen molar-refractivity contribution in [3.8, 4) is 0 Å². The highest BCUT2D eigenvalue weighted by molar-refractivity contribution is 9.10. The van der Waals surface area contributed by atoms with Crippen LogP contribution in [0.3, 0.4) is 0 Å². The standard InChI is InChI=1S/C15H15BrClN3S/c1-15(2,12-4-3-5-21-12)9-20-13(7-17)19-11-6-10(16)8-18-14(11)20/h3-6,8H,7,9H2,1-2H3. The van der Waals surface area contributed by atoms with Crippen molar-refractivity contribution in [3.05, 3.63) is 45.0 Å². The Bertz CT molecular complexity index is 765. The van der Waals surface area contributed by atoms with Crippen molar-refractivity contribution >= 4 is 50.0 Å². The number of pyridine rings is 1. The fourth-order valence-corrected chi connectivity index (χ4v) is 3.81. The number of fused-ring (bicyclic) bond motifs is 1. The van der Waals surface area contributed by atoms with Crippen LogP contribution in [0.2, 0.25) is 0 Å². The topological polar surface area (TPSA) is 30.7 Å². The van der Waals surface area contributed by atoms with Crippen LogP contribution in [0, 0.1) is 0 Å². The zero-order chi connectivity index (χ0) is 15.0. The van der Waals surface area contributed by atoms with Crippen LogP contribution in [0.5, 0.6) is 0 Å². The number of nitrogens with zero attached hydrogens (tertiary/aromatic N) is 3. The van der Waals surface area contributed by atoms with Gasteiger partial charge in [0, 0.05) is 27.5 Å². The number of hydrogen-bond donors (Lipinski definition) is 0. The van der Waals surface area contributed by atoms with E-state index in [1.807, 2.05) is 6.07 Å². The Balaban J connectivity index is 2.07. The van der Waals surface area contributed by atoms with Crippen LogP contribution in [0.1, 0.15) is 24.5 Å². The molecule has 0 saturated carbocycles. The maximum atomic E-state index is 6.08. The van der Waals surface area contributed by atoms with Crippen molar-refractivity contribution in [1.82, 2.24) is 14.5 Å². The molecule has 3 nitrogen and oxygen atoms in total. The molecule has 110 valence electrons. The Labute approximate surface area is 141 Å². The lowest BCUT2D eigenvalue weighted by Crippen LogP contribution is -2.24. The van der Waals surface area contributed by atoms with Crippen molar-refractivity contribution in [2.24, 2.45) is 0 Å². The van der Waals surface area contributed by atoms with Gasteiger partial charge in [-0.25, -0.2) is 9.97 Å². The molecular weight excluding hydrogens is 370 g/mol. The summed E-state index contributed by atoms with van der Waals surface area (Å²) < 4.78 is 3.06. The van der Waals surface area contributed by atoms with Crippen LogP contribution in [0.25, 0.3) is 11.2 Å². The summed E-state index contributed by atoms with van der Waals surface area (Å²) in [4.78, 5) is 10.5. The van der Waals surface area contributed by atoms with Gasteiger partial charge in [-0.3, -0.25) is 0 Å². The van der Waals surface area contributed by atoms with Gasteiger partial charge in [0.1, 0.15) is 11.3 Å². The molecule has 3 aromatic rings. The van der Waals surface area contributed by atoms with Crippen LogP contribution in [0.4, 0.5) is 0 Å². The van der Waals surface area contributed by atoms with Gasteiger partial charge in [-0.05, 0) is 33.4 Å². The molecule has 0 radical (unpaired) electrons. The molecule has 0 fully saturated rings. The smallest absolute Gasteiger partial charge is 0.160 e.